The first-order chi connectivity index (χ1) is 25.9. The predicted octanol–water partition coefficient (Wildman–Crippen LogP) is 3.85. The van der Waals surface area contributed by atoms with Crippen LogP contribution in [0.5, 0.6) is 11.9 Å². The van der Waals surface area contributed by atoms with Crippen molar-refractivity contribution >= 4 is 28.6 Å². The van der Waals surface area contributed by atoms with E-state index in [0.29, 0.717) is 51.6 Å². The van der Waals surface area contributed by atoms with E-state index in [0.717, 1.165) is 37.3 Å². The molecule has 3 aromatic heterocycles. The van der Waals surface area contributed by atoms with Crippen LogP contribution in [-0.4, -0.2) is 125 Å². The highest BCUT2D eigenvalue weighted by molar-refractivity contribution is 5.97. The van der Waals surface area contributed by atoms with Gasteiger partial charge in [-0.2, -0.15) is 23.1 Å². The number of halogens is 4. The summed E-state index contributed by atoms with van der Waals surface area (Å²) in [6.07, 6.45) is -1.32. The molecule has 5 atom stereocenters. The van der Waals surface area contributed by atoms with Gasteiger partial charge in [0.05, 0.1) is 30.4 Å². The third-order valence-electron chi connectivity index (χ3n) is 11.8. The lowest BCUT2D eigenvalue weighted by atomic mass is 9.94. The number of anilines is 2. The summed E-state index contributed by atoms with van der Waals surface area (Å²) in [6.45, 7) is 9.01. The number of carbonyl (C=O) groups is 1. The number of aryl methyl sites for hydroxylation is 1. The number of morpholine rings is 1. The first-order valence-electron chi connectivity index (χ1n) is 18.4. The van der Waals surface area contributed by atoms with Crippen molar-refractivity contribution in [1.82, 2.24) is 35.1 Å². The van der Waals surface area contributed by atoms with E-state index in [9.17, 15) is 18.0 Å². The molecule has 6 aliphatic heterocycles. The second-order valence-corrected chi connectivity index (χ2v) is 15.2. The number of aromatic nitrogens is 4. The summed E-state index contributed by atoms with van der Waals surface area (Å²) in [6, 6.07) is 0.893. The van der Waals surface area contributed by atoms with Crippen molar-refractivity contribution in [2.24, 2.45) is 0 Å². The number of nitrogens with two attached hydrogens (primary N) is 1. The predicted molar refractivity (Wildman–Crippen MR) is 187 cm³/mol. The molecule has 0 aliphatic carbocycles. The Kier molecular flexibility index (Phi) is 8.50. The maximum atomic E-state index is 16.9. The van der Waals surface area contributed by atoms with Crippen LogP contribution in [0.2, 0.25) is 0 Å². The second-order valence-electron chi connectivity index (χ2n) is 15.2. The van der Waals surface area contributed by atoms with Crippen LogP contribution in [0.1, 0.15) is 43.2 Å². The highest BCUT2D eigenvalue weighted by atomic mass is 19.4. The van der Waals surface area contributed by atoms with Crippen LogP contribution in [0.15, 0.2) is 18.2 Å². The Hall–Kier alpha value is -4.55. The van der Waals surface area contributed by atoms with Crippen molar-refractivity contribution in [1.29, 1.82) is 0 Å². The maximum absolute atomic E-state index is 16.9. The molecule has 18 heteroatoms. The zero-order valence-corrected chi connectivity index (χ0v) is 29.8. The first-order valence-corrected chi connectivity index (χ1v) is 18.4. The maximum Gasteiger partial charge on any atom is 0.418 e. The number of fused-ring (bicyclic) bond motifs is 6. The molecular weight excluding hydrogens is 714 g/mol. The molecule has 9 heterocycles. The smallest absolute Gasteiger partial charge is 0.418 e. The van der Waals surface area contributed by atoms with Crippen LogP contribution in [0.25, 0.3) is 22.3 Å². The van der Waals surface area contributed by atoms with Crippen molar-refractivity contribution in [3.05, 3.63) is 35.2 Å². The Morgan fingerprint density at radius 3 is 2.76 bits per heavy atom. The summed E-state index contributed by atoms with van der Waals surface area (Å²) in [5.41, 5.74) is 3.30. The van der Waals surface area contributed by atoms with Crippen molar-refractivity contribution in [2.75, 3.05) is 69.8 Å². The topological polar surface area (TPSA) is 153 Å². The van der Waals surface area contributed by atoms with Gasteiger partial charge in [0.2, 0.25) is 5.88 Å². The van der Waals surface area contributed by atoms with E-state index >= 15 is 4.39 Å². The van der Waals surface area contributed by atoms with E-state index in [1.54, 1.807) is 4.90 Å². The van der Waals surface area contributed by atoms with Crippen LogP contribution < -0.4 is 25.4 Å². The molecular formula is C36H41F4N9O5. The molecule has 5 saturated heterocycles. The first kappa shape index (κ1) is 35.2. The lowest BCUT2D eigenvalue weighted by molar-refractivity contribution is -0.137. The van der Waals surface area contributed by atoms with Gasteiger partial charge in [-0.25, -0.2) is 19.2 Å². The SMILES string of the molecule is C=C1CN2C(COC(=O)N3CCOCC3)CCC2(COc2nc3c4c(nc(-c5nc(N)cc(C)c5C(F)(F)F)c(F)c4n2)OCC2C4CCC(CN32)N4)C1. The highest BCUT2D eigenvalue weighted by Crippen LogP contribution is 2.47. The molecule has 2 bridgehead atoms. The number of pyridine rings is 2. The number of hydrogen-bond acceptors (Lipinski definition) is 13. The minimum absolute atomic E-state index is 0.0524. The Labute approximate surface area is 308 Å². The Bertz CT molecular complexity index is 2030. The monoisotopic (exact) mass is 755 g/mol. The van der Waals surface area contributed by atoms with E-state index in [4.69, 9.17) is 29.7 Å². The molecule has 0 aromatic carbocycles. The molecule has 0 radical (unpaired) electrons. The fourth-order valence-electron chi connectivity index (χ4n) is 9.32. The van der Waals surface area contributed by atoms with Crippen LogP contribution in [0.3, 0.4) is 0 Å². The molecule has 9 rings (SSSR count). The summed E-state index contributed by atoms with van der Waals surface area (Å²) in [4.78, 5) is 36.4. The van der Waals surface area contributed by atoms with Crippen molar-refractivity contribution < 1.29 is 41.3 Å². The van der Waals surface area contributed by atoms with Crippen molar-refractivity contribution in [2.45, 2.75) is 74.9 Å². The van der Waals surface area contributed by atoms with Gasteiger partial charge < -0.3 is 39.8 Å². The number of piperazine rings is 1. The third-order valence-corrected chi connectivity index (χ3v) is 11.8. The summed E-state index contributed by atoms with van der Waals surface area (Å²) >= 11 is 0. The lowest BCUT2D eigenvalue weighted by Gasteiger charge is -2.40. The number of ether oxygens (including phenoxy) is 4. The Morgan fingerprint density at radius 2 is 1.96 bits per heavy atom. The van der Waals surface area contributed by atoms with Gasteiger partial charge in [-0.3, -0.25) is 4.90 Å². The molecule has 14 nitrogen and oxygen atoms in total. The number of amides is 1. The van der Waals surface area contributed by atoms with E-state index in [-0.39, 0.29) is 84.3 Å². The van der Waals surface area contributed by atoms with Gasteiger partial charge in [0.15, 0.2) is 5.82 Å². The normalized spacial score (nSPS) is 27.8. The van der Waals surface area contributed by atoms with Gasteiger partial charge in [-0.15, -0.1) is 0 Å². The molecule has 1 amide bonds. The Balaban J connectivity index is 1.08. The number of rotatable bonds is 6. The number of carbonyl (C=O) groups excluding carboxylic acids is 1. The minimum atomic E-state index is -4.88. The number of alkyl halides is 3. The average molecular weight is 756 g/mol. The molecule has 54 heavy (non-hydrogen) atoms. The van der Waals surface area contributed by atoms with Gasteiger partial charge in [-0.05, 0) is 50.7 Å². The summed E-state index contributed by atoms with van der Waals surface area (Å²) in [5, 5.41) is 3.77. The quantitative estimate of drug-likeness (QED) is 0.277. The average Bonchev–Trinajstić information content (AvgIpc) is 3.75. The van der Waals surface area contributed by atoms with E-state index in [1.165, 1.54) is 6.92 Å². The van der Waals surface area contributed by atoms with Crippen molar-refractivity contribution in [3.63, 3.8) is 0 Å². The molecule has 5 fully saturated rings. The van der Waals surface area contributed by atoms with E-state index in [1.807, 2.05) is 0 Å². The zero-order chi connectivity index (χ0) is 37.5. The fourth-order valence-corrected chi connectivity index (χ4v) is 9.32. The number of nitrogen functional groups attached to an aromatic ring is 1. The largest absolute Gasteiger partial charge is 0.475 e. The second kappa shape index (κ2) is 13.0. The number of nitrogens with zero attached hydrogens (tertiary/aromatic N) is 7. The molecule has 0 spiro atoms. The molecule has 0 saturated carbocycles. The molecule has 288 valence electrons. The van der Waals surface area contributed by atoms with Crippen LogP contribution in [-0.2, 0) is 15.7 Å². The number of hydrogen-bond donors (Lipinski definition) is 2. The zero-order valence-electron chi connectivity index (χ0n) is 29.8. The van der Waals surface area contributed by atoms with E-state index < -0.39 is 34.5 Å². The third kappa shape index (κ3) is 5.92. The lowest BCUT2D eigenvalue weighted by Crippen LogP contribution is -2.60. The van der Waals surface area contributed by atoms with Gasteiger partial charge in [-0.1, -0.05) is 12.2 Å². The minimum Gasteiger partial charge on any atom is -0.475 e. The highest BCUT2D eigenvalue weighted by Gasteiger charge is 2.52. The van der Waals surface area contributed by atoms with Gasteiger partial charge in [0, 0.05) is 44.3 Å². The van der Waals surface area contributed by atoms with Crippen LogP contribution in [0.4, 0.5) is 34.0 Å². The molecule has 6 aliphatic rings. The molecule has 5 unspecified atom stereocenters. The van der Waals surface area contributed by atoms with Gasteiger partial charge in [0.25, 0.3) is 0 Å². The standard InChI is InChI=1S/C36H41F4N9O5/c1-18-12-35(6-5-21(49(35)13-18)15-53-34(50)47-7-9-51-10-8-47)17-54-33-45-28-25-31(46-33)48-14-20-3-4-22(42-20)23(48)16-52-32(25)44-30(27(28)37)29-26(36(38,39)40)19(2)11-24(41)43-29/h11,20-23,42H,1,3-10,12-17H2,2H3,(H2,41,43). The summed E-state index contributed by atoms with van der Waals surface area (Å²) in [7, 11) is 0. The summed E-state index contributed by atoms with van der Waals surface area (Å²) < 4.78 is 84.0. The van der Waals surface area contributed by atoms with Crippen LogP contribution >= 0.6 is 0 Å². The molecule has 3 N–H and O–H groups in total. The molecule has 3 aromatic rings. The fraction of sp³-hybridized carbons (Fsp3) is 0.583. The Morgan fingerprint density at radius 1 is 1.15 bits per heavy atom. The van der Waals surface area contributed by atoms with Crippen LogP contribution in [0, 0.1) is 12.7 Å². The number of nitrogens with one attached hydrogen (secondary N) is 1. The summed E-state index contributed by atoms with van der Waals surface area (Å²) in [5.74, 6) is -1.09. The van der Waals surface area contributed by atoms with Gasteiger partial charge in [0.1, 0.15) is 53.7 Å². The van der Waals surface area contributed by atoms with Crippen molar-refractivity contribution in [3.8, 4) is 23.3 Å². The van der Waals surface area contributed by atoms with E-state index in [2.05, 4.69) is 36.6 Å². The van der Waals surface area contributed by atoms with Gasteiger partial charge >= 0.3 is 18.3 Å².